The lowest BCUT2D eigenvalue weighted by atomic mass is 10.1. The van der Waals surface area contributed by atoms with Gasteiger partial charge in [-0.2, -0.15) is 0 Å². The molecule has 1 amide bonds. The number of aromatic nitrogens is 2. The van der Waals surface area contributed by atoms with Crippen molar-refractivity contribution in [1.29, 1.82) is 0 Å². The van der Waals surface area contributed by atoms with E-state index in [0.717, 1.165) is 0 Å². The summed E-state index contributed by atoms with van der Waals surface area (Å²) < 4.78 is 5.29. The number of carbonyl (C=O) groups is 1. The summed E-state index contributed by atoms with van der Waals surface area (Å²) in [4.78, 5) is 33.8. The lowest BCUT2D eigenvalue weighted by molar-refractivity contribution is -0.133. The van der Waals surface area contributed by atoms with E-state index in [1.807, 2.05) is 13.0 Å². The number of nitrogens with zero attached hydrogens (tertiary/aromatic N) is 2. The van der Waals surface area contributed by atoms with Crippen molar-refractivity contribution < 1.29 is 9.53 Å². The zero-order valence-electron chi connectivity index (χ0n) is 13.9. The van der Waals surface area contributed by atoms with Gasteiger partial charge in [0.05, 0.1) is 29.6 Å². The molecule has 1 fully saturated rings. The molecule has 128 valence electrons. The fourth-order valence-corrected chi connectivity index (χ4v) is 3.03. The molecule has 0 aliphatic carbocycles. The van der Waals surface area contributed by atoms with Gasteiger partial charge in [0.15, 0.2) is 0 Å². The number of rotatable bonds is 5. The van der Waals surface area contributed by atoms with Crippen LogP contribution in [0.4, 0.5) is 0 Å². The molecule has 0 spiro atoms. The van der Waals surface area contributed by atoms with Gasteiger partial charge >= 0.3 is 0 Å². The Morgan fingerprint density at radius 3 is 2.92 bits per heavy atom. The normalized spacial score (nSPS) is 20.4. The van der Waals surface area contributed by atoms with E-state index in [2.05, 4.69) is 15.3 Å². The number of aromatic amines is 1. The number of ether oxygens (including phenoxy) is 1. The Labute approximate surface area is 140 Å². The van der Waals surface area contributed by atoms with Crippen molar-refractivity contribution >= 4 is 16.8 Å². The zero-order chi connectivity index (χ0) is 17.1. The van der Waals surface area contributed by atoms with Crippen molar-refractivity contribution in [3.8, 4) is 0 Å². The second-order valence-electron chi connectivity index (χ2n) is 5.94. The first-order valence-corrected chi connectivity index (χ1v) is 8.15. The molecule has 0 unspecified atom stereocenters. The Kier molecular flexibility index (Phi) is 4.92. The standard InChI is InChI=1S/C17H22N4O3/c1-3-21(17(23)14-8-11(24-2)9-18-14)10-15-19-13-7-5-4-6-12(13)16(22)20-15/h4-7,11,14,18H,3,8-10H2,1-2H3,(H,19,20,22)/t11-,14-/m0/s1. The highest BCUT2D eigenvalue weighted by atomic mass is 16.5. The van der Waals surface area contributed by atoms with Crippen LogP contribution in [0.3, 0.4) is 0 Å². The van der Waals surface area contributed by atoms with E-state index in [-0.39, 0.29) is 30.2 Å². The van der Waals surface area contributed by atoms with Crippen LogP contribution in [0, 0.1) is 0 Å². The molecule has 2 atom stereocenters. The van der Waals surface area contributed by atoms with Gasteiger partial charge in [0.25, 0.3) is 5.56 Å². The van der Waals surface area contributed by atoms with Crippen LogP contribution in [0.25, 0.3) is 10.9 Å². The Hall–Kier alpha value is -2.25. The molecule has 1 aliphatic rings. The summed E-state index contributed by atoms with van der Waals surface area (Å²) in [5.74, 6) is 0.503. The Morgan fingerprint density at radius 1 is 1.42 bits per heavy atom. The monoisotopic (exact) mass is 330 g/mol. The SMILES string of the molecule is CCN(Cc1nc2ccccc2c(=O)[nH]1)C(=O)[C@@H]1C[C@H](OC)CN1. The molecule has 1 aromatic heterocycles. The molecule has 7 nitrogen and oxygen atoms in total. The summed E-state index contributed by atoms with van der Waals surface area (Å²) >= 11 is 0. The van der Waals surface area contributed by atoms with Crippen LogP contribution in [0.5, 0.6) is 0 Å². The molecule has 1 saturated heterocycles. The molecule has 1 aliphatic heterocycles. The summed E-state index contributed by atoms with van der Waals surface area (Å²) in [7, 11) is 1.65. The Morgan fingerprint density at radius 2 is 2.21 bits per heavy atom. The van der Waals surface area contributed by atoms with Gasteiger partial charge in [-0.05, 0) is 25.5 Å². The second kappa shape index (κ2) is 7.11. The number of likely N-dealkylation sites (N-methyl/N-ethyl adjacent to an activating group) is 1. The third-order valence-electron chi connectivity index (χ3n) is 4.42. The molecule has 0 radical (unpaired) electrons. The van der Waals surface area contributed by atoms with Crippen LogP contribution in [0.15, 0.2) is 29.1 Å². The molecule has 0 saturated carbocycles. The number of nitrogens with one attached hydrogen (secondary N) is 2. The Balaban J connectivity index is 1.78. The topological polar surface area (TPSA) is 87.3 Å². The van der Waals surface area contributed by atoms with Crippen LogP contribution in [-0.2, 0) is 16.1 Å². The van der Waals surface area contributed by atoms with Crippen molar-refractivity contribution in [2.45, 2.75) is 32.0 Å². The van der Waals surface area contributed by atoms with Crippen molar-refractivity contribution in [3.63, 3.8) is 0 Å². The third-order valence-corrected chi connectivity index (χ3v) is 4.42. The Bertz CT molecular complexity index is 789. The molecule has 7 heteroatoms. The number of methoxy groups -OCH3 is 1. The average molecular weight is 330 g/mol. The molecule has 2 heterocycles. The molecule has 3 rings (SSSR count). The number of hydrogen-bond acceptors (Lipinski definition) is 5. The van der Waals surface area contributed by atoms with Crippen LogP contribution >= 0.6 is 0 Å². The summed E-state index contributed by atoms with van der Waals surface area (Å²) in [6.45, 7) is 3.42. The molecule has 1 aromatic carbocycles. The smallest absolute Gasteiger partial charge is 0.258 e. The van der Waals surface area contributed by atoms with E-state index in [9.17, 15) is 9.59 Å². The van der Waals surface area contributed by atoms with E-state index >= 15 is 0 Å². The number of carbonyl (C=O) groups excluding carboxylic acids is 1. The zero-order valence-corrected chi connectivity index (χ0v) is 13.9. The van der Waals surface area contributed by atoms with Gasteiger partial charge in [0.1, 0.15) is 5.82 Å². The predicted octanol–water partition coefficient (Wildman–Crippen LogP) is 0.648. The fraction of sp³-hybridized carbons (Fsp3) is 0.471. The maximum Gasteiger partial charge on any atom is 0.258 e. The molecule has 2 aromatic rings. The maximum absolute atomic E-state index is 12.7. The molecule has 0 bridgehead atoms. The lowest BCUT2D eigenvalue weighted by Gasteiger charge is -2.23. The van der Waals surface area contributed by atoms with E-state index in [1.165, 1.54) is 0 Å². The lowest BCUT2D eigenvalue weighted by Crippen LogP contribution is -2.43. The summed E-state index contributed by atoms with van der Waals surface area (Å²) in [6, 6.07) is 6.93. The quantitative estimate of drug-likeness (QED) is 0.840. The number of hydrogen-bond donors (Lipinski definition) is 2. The fourth-order valence-electron chi connectivity index (χ4n) is 3.03. The number of benzene rings is 1. The molecular weight excluding hydrogens is 308 g/mol. The van der Waals surface area contributed by atoms with Gasteiger partial charge in [0.2, 0.25) is 5.91 Å². The third kappa shape index (κ3) is 3.32. The van der Waals surface area contributed by atoms with Crippen LogP contribution in [-0.4, -0.2) is 53.1 Å². The van der Waals surface area contributed by atoms with Gasteiger partial charge in [-0.3, -0.25) is 9.59 Å². The van der Waals surface area contributed by atoms with E-state index < -0.39 is 0 Å². The summed E-state index contributed by atoms with van der Waals surface area (Å²) in [6.07, 6.45) is 0.726. The summed E-state index contributed by atoms with van der Waals surface area (Å²) in [5.41, 5.74) is 0.454. The first-order valence-electron chi connectivity index (χ1n) is 8.15. The van der Waals surface area contributed by atoms with Crippen LogP contribution in [0.2, 0.25) is 0 Å². The minimum atomic E-state index is -0.248. The first-order chi connectivity index (χ1) is 11.6. The van der Waals surface area contributed by atoms with Crippen LogP contribution in [0.1, 0.15) is 19.2 Å². The summed E-state index contributed by atoms with van der Waals surface area (Å²) in [5, 5.41) is 3.74. The average Bonchev–Trinajstić information content (AvgIpc) is 3.08. The van der Waals surface area contributed by atoms with Gasteiger partial charge in [-0.25, -0.2) is 4.98 Å². The minimum Gasteiger partial charge on any atom is -0.380 e. The second-order valence-corrected chi connectivity index (χ2v) is 5.94. The predicted molar refractivity (Wildman–Crippen MR) is 90.7 cm³/mol. The highest BCUT2D eigenvalue weighted by molar-refractivity contribution is 5.82. The van der Waals surface area contributed by atoms with Crippen molar-refractivity contribution in [2.24, 2.45) is 0 Å². The van der Waals surface area contributed by atoms with Crippen molar-refractivity contribution in [3.05, 3.63) is 40.4 Å². The highest BCUT2D eigenvalue weighted by Crippen LogP contribution is 2.14. The van der Waals surface area contributed by atoms with Crippen molar-refractivity contribution in [2.75, 3.05) is 20.2 Å². The van der Waals surface area contributed by atoms with Gasteiger partial charge in [-0.1, -0.05) is 12.1 Å². The molecule has 2 N–H and O–H groups in total. The number of para-hydroxylation sites is 1. The highest BCUT2D eigenvalue weighted by Gasteiger charge is 2.32. The molecule has 24 heavy (non-hydrogen) atoms. The van der Waals surface area contributed by atoms with Crippen LogP contribution < -0.4 is 10.9 Å². The van der Waals surface area contributed by atoms with E-state index in [1.54, 1.807) is 30.2 Å². The number of amides is 1. The minimum absolute atomic E-state index is 0.00728. The van der Waals surface area contributed by atoms with E-state index in [0.29, 0.717) is 36.2 Å². The molecular formula is C17H22N4O3. The van der Waals surface area contributed by atoms with Gasteiger partial charge in [0, 0.05) is 20.2 Å². The maximum atomic E-state index is 12.7. The largest absolute Gasteiger partial charge is 0.380 e. The first kappa shape index (κ1) is 16.6. The number of H-pyrrole nitrogens is 1. The van der Waals surface area contributed by atoms with Gasteiger partial charge < -0.3 is 19.9 Å². The van der Waals surface area contributed by atoms with Crippen molar-refractivity contribution in [1.82, 2.24) is 20.2 Å². The van der Waals surface area contributed by atoms with Gasteiger partial charge in [-0.15, -0.1) is 0 Å². The number of fused-ring (bicyclic) bond motifs is 1. The van der Waals surface area contributed by atoms with E-state index in [4.69, 9.17) is 4.74 Å².